The normalized spacial score (nSPS) is 28.4. The zero-order chi connectivity index (χ0) is 13.1. The van der Waals surface area contributed by atoms with Gasteiger partial charge in [-0.25, -0.2) is 0 Å². The number of hydrogen-bond donors (Lipinski definition) is 0. The maximum absolute atomic E-state index is 11.1. The van der Waals surface area contributed by atoms with E-state index < -0.39 is 0 Å². The van der Waals surface area contributed by atoms with Crippen LogP contribution in [0.1, 0.15) is 53.9 Å². The van der Waals surface area contributed by atoms with Crippen molar-refractivity contribution >= 4 is 5.97 Å². The van der Waals surface area contributed by atoms with E-state index in [2.05, 4.69) is 33.8 Å². The summed E-state index contributed by atoms with van der Waals surface area (Å²) in [6.07, 6.45) is 5.13. The predicted molar refractivity (Wildman–Crippen MR) is 70.7 cm³/mol. The Morgan fingerprint density at radius 2 is 2.18 bits per heavy atom. The molecule has 98 valence electrons. The summed E-state index contributed by atoms with van der Waals surface area (Å²) < 4.78 is 5.27. The number of carbonyl (C=O) groups excluding carboxylic acids is 1. The van der Waals surface area contributed by atoms with Crippen LogP contribution in [0.15, 0.2) is 11.6 Å². The highest BCUT2D eigenvalue weighted by molar-refractivity contribution is 5.68. The third-order valence-corrected chi connectivity index (χ3v) is 3.86. The van der Waals surface area contributed by atoms with Crippen LogP contribution in [0.3, 0.4) is 0 Å². The quantitative estimate of drug-likeness (QED) is 0.517. The van der Waals surface area contributed by atoms with Crippen LogP contribution in [-0.2, 0) is 9.53 Å². The summed E-state index contributed by atoms with van der Waals surface area (Å²) in [5.41, 5.74) is 1.62. The molecule has 1 aliphatic carbocycles. The Kier molecular flexibility index (Phi) is 4.79. The number of ether oxygens (including phenoxy) is 1. The van der Waals surface area contributed by atoms with Crippen molar-refractivity contribution in [2.45, 2.75) is 53.9 Å². The van der Waals surface area contributed by atoms with Gasteiger partial charge in [-0.05, 0) is 38.5 Å². The van der Waals surface area contributed by atoms with E-state index in [1.54, 1.807) is 0 Å². The van der Waals surface area contributed by atoms with E-state index in [1.165, 1.54) is 12.0 Å². The van der Waals surface area contributed by atoms with Crippen molar-refractivity contribution in [3.8, 4) is 0 Å². The predicted octanol–water partition coefficient (Wildman–Crippen LogP) is 3.96. The van der Waals surface area contributed by atoms with Crippen molar-refractivity contribution in [3.63, 3.8) is 0 Å². The first-order chi connectivity index (χ1) is 7.89. The van der Waals surface area contributed by atoms with E-state index in [-0.39, 0.29) is 11.4 Å². The largest absolute Gasteiger partial charge is 0.465 e. The zero-order valence-electron chi connectivity index (χ0n) is 11.9. The second-order valence-electron chi connectivity index (χ2n) is 5.97. The van der Waals surface area contributed by atoms with Crippen molar-refractivity contribution in [1.82, 2.24) is 0 Å². The van der Waals surface area contributed by atoms with Crippen molar-refractivity contribution in [3.05, 3.63) is 11.6 Å². The molecule has 0 aromatic heterocycles. The van der Waals surface area contributed by atoms with Crippen molar-refractivity contribution in [2.24, 2.45) is 17.3 Å². The molecule has 3 atom stereocenters. The Balaban J connectivity index is 2.35. The summed E-state index contributed by atoms with van der Waals surface area (Å²) in [6.45, 7) is 11.3. The number of esters is 1. The van der Waals surface area contributed by atoms with Gasteiger partial charge in [-0.1, -0.05) is 32.4 Å². The molecule has 1 rings (SSSR count). The second kappa shape index (κ2) is 5.70. The summed E-state index contributed by atoms with van der Waals surface area (Å²) >= 11 is 0. The Hall–Kier alpha value is -0.790. The molecule has 17 heavy (non-hydrogen) atoms. The lowest BCUT2D eigenvalue weighted by Crippen LogP contribution is -2.15. The Labute approximate surface area is 105 Å². The third-order valence-electron chi connectivity index (χ3n) is 3.86. The molecule has 0 spiro atoms. The van der Waals surface area contributed by atoms with Gasteiger partial charge in [0, 0.05) is 11.8 Å². The molecule has 0 N–H and O–H groups in total. The van der Waals surface area contributed by atoms with Gasteiger partial charge in [0.15, 0.2) is 0 Å². The summed E-state index contributed by atoms with van der Waals surface area (Å²) in [7, 11) is 0. The number of allylic oxidation sites excluding steroid dienone is 2. The molecular weight excluding hydrogens is 212 g/mol. The Morgan fingerprint density at radius 3 is 2.71 bits per heavy atom. The van der Waals surface area contributed by atoms with Gasteiger partial charge in [0.05, 0.1) is 6.61 Å². The van der Waals surface area contributed by atoms with Crippen LogP contribution in [0.4, 0.5) is 0 Å². The van der Waals surface area contributed by atoms with Crippen LogP contribution < -0.4 is 0 Å². The topological polar surface area (TPSA) is 26.3 Å². The summed E-state index contributed by atoms with van der Waals surface area (Å²) in [6, 6.07) is 0. The molecule has 0 radical (unpaired) electrons. The molecule has 0 aliphatic heterocycles. The van der Waals surface area contributed by atoms with Crippen LogP contribution in [0, 0.1) is 17.3 Å². The molecule has 0 amide bonds. The fourth-order valence-corrected chi connectivity index (χ4v) is 2.43. The molecule has 0 aromatic rings. The van der Waals surface area contributed by atoms with Gasteiger partial charge in [0.2, 0.25) is 0 Å². The highest BCUT2D eigenvalue weighted by Crippen LogP contribution is 2.57. The van der Waals surface area contributed by atoms with E-state index in [4.69, 9.17) is 4.74 Å². The molecule has 2 nitrogen and oxygen atoms in total. The molecule has 1 saturated carbocycles. The van der Waals surface area contributed by atoms with Gasteiger partial charge >= 0.3 is 5.97 Å². The van der Waals surface area contributed by atoms with Gasteiger partial charge < -0.3 is 4.74 Å². The molecule has 0 heterocycles. The molecule has 0 saturated heterocycles. The lowest BCUT2D eigenvalue weighted by Gasteiger charge is -2.15. The average molecular weight is 238 g/mol. The van der Waals surface area contributed by atoms with Gasteiger partial charge in [0.25, 0.3) is 0 Å². The van der Waals surface area contributed by atoms with E-state index in [9.17, 15) is 4.79 Å². The van der Waals surface area contributed by atoms with Crippen molar-refractivity contribution in [1.29, 1.82) is 0 Å². The van der Waals surface area contributed by atoms with Crippen LogP contribution in [-0.4, -0.2) is 12.6 Å². The van der Waals surface area contributed by atoms with E-state index in [0.29, 0.717) is 24.9 Å². The monoisotopic (exact) mass is 238 g/mol. The van der Waals surface area contributed by atoms with Gasteiger partial charge in [-0.15, -0.1) is 0 Å². The maximum atomic E-state index is 11.1. The molecule has 1 aliphatic rings. The summed E-state index contributed by atoms with van der Waals surface area (Å²) in [5, 5.41) is 0. The molecule has 2 heteroatoms. The van der Waals surface area contributed by atoms with Gasteiger partial charge in [-0.2, -0.15) is 0 Å². The molecule has 0 bridgehead atoms. The van der Waals surface area contributed by atoms with Crippen LogP contribution in [0.25, 0.3) is 0 Å². The van der Waals surface area contributed by atoms with Crippen LogP contribution in [0.5, 0.6) is 0 Å². The van der Waals surface area contributed by atoms with E-state index >= 15 is 0 Å². The SMILES string of the molecule is CCC(=O)OC[C@]1(C)C[C@H]1[C@H](C)CC=C(C)C. The number of carbonyl (C=O) groups is 1. The first-order valence-corrected chi connectivity index (χ1v) is 6.68. The smallest absolute Gasteiger partial charge is 0.305 e. The lowest BCUT2D eigenvalue weighted by molar-refractivity contribution is -0.145. The minimum atomic E-state index is -0.0752. The molecular formula is C15H26O2. The number of hydrogen-bond acceptors (Lipinski definition) is 2. The maximum Gasteiger partial charge on any atom is 0.305 e. The standard InChI is InChI=1S/C15H26O2/c1-6-14(16)17-10-15(5)9-13(15)12(4)8-7-11(2)3/h7,12-13H,6,8-10H2,1-5H3/t12-,13+,15+/m1/s1. The summed E-state index contributed by atoms with van der Waals surface area (Å²) in [5.74, 6) is 1.33. The summed E-state index contributed by atoms with van der Waals surface area (Å²) in [4.78, 5) is 11.1. The second-order valence-corrected chi connectivity index (χ2v) is 5.97. The molecule has 1 fully saturated rings. The fraction of sp³-hybridized carbons (Fsp3) is 0.800. The Bertz CT molecular complexity index is 302. The lowest BCUT2D eigenvalue weighted by atomic mass is 9.94. The van der Waals surface area contributed by atoms with E-state index in [1.807, 2.05) is 6.92 Å². The van der Waals surface area contributed by atoms with Crippen molar-refractivity contribution in [2.75, 3.05) is 6.61 Å². The van der Waals surface area contributed by atoms with Gasteiger partial charge in [0.1, 0.15) is 0 Å². The van der Waals surface area contributed by atoms with Crippen molar-refractivity contribution < 1.29 is 9.53 Å². The fourth-order valence-electron chi connectivity index (χ4n) is 2.43. The minimum absolute atomic E-state index is 0.0752. The zero-order valence-corrected chi connectivity index (χ0v) is 11.9. The molecule has 0 aromatic carbocycles. The average Bonchev–Trinajstić information content (AvgIpc) is 2.96. The third kappa shape index (κ3) is 4.18. The first-order valence-electron chi connectivity index (χ1n) is 6.68. The van der Waals surface area contributed by atoms with Gasteiger partial charge in [-0.3, -0.25) is 4.79 Å². The van der Waals surface area contributed by atoms with Crippen LogP contribution >= 0.6 is 0 Å². The minimum Gasteiger partial charge on any atom is -0.465 e. The highest BCUT2D eigenvalue weighted by Gasteiger charge is 2.52. The highest BCUT2D eigenvalue weighted by atomic mass is 16.5. The van der Waals surface area contributed by atoms with Crippen LogP contribution in [0.2, 0.25) is 0 Å². The number of rotatable bonds is 6. The Morgan fingerprint density at radius 1 is 1.53 bits per heavy atom. The first kappa shape index (κ1) is 14.3. The van der Waals surface area contributed by atoms with E-state index in [0.717, 1.165) is 6.42 Å². The molecule has 0 unspecified atom stereocenters.